The molecule has 1 amide bonds. The molecule has 132 valence electrons. The first-order chi connectivity index (χ1) is 11.9. The molecule has 0 aromatic heterocycles. The largest absolute Gasteiger partial charge is 0.331 e. The van der Waals surface area contributed by atoms with Crippen molar-refractivity contribution in [3.05, 3.63) is 59.1 Å². The van der Waals surface area contributed by atoms with Gasteiger partial charge >= 0.3 is 0 Å². The molecular formula is C16H14ClF2N3OS2. The average molecular weight is 402 g/mol. The highest BCUT2D eigenvalue weighted by molar-refractivity contribution is 7.99. The number of benzene rings is 2. The van der Waals surface area contributed by atoms with Gasteiger partial charge in [-0.25, -0.2) is 8.78 Å². The monoisotopic (exact) mass is 401 g/mol. The Morgan fingerprint density at radius 3 is 2.48 bits per heavy atom. The minimum absolute atomic E-state index is 0.181. The van der Waals surface area contributed by atoms with Crippen molar-refractivity contribution in [2.24, 2.45) is 0 Å². The number of thiocarbonyl (C=S) groups is 1. The van der Waals surface area contributed by atoms with E-state index in [0.717, 1.165) is 17.8 Å². The zero-order valence-corrected chi connectivity index (χ0v) is 15.2. The molecule has 0 atom stereocenters. The van der Waals surface area contributed by atoms with Crippen LogP contribution in [0.2, 0.25) is 5.02 Å². The summed E-state index contributed by atoms with van der Waals surface area (Å²) in [6.07, 6.45) is 0.181. The van der Waals surface area contributed by atoms with Crippen molar-refractivity contribution >= 4 is 52.3 Å². The van der Waals surface area contributed by atoms with Gasteiger partial charge in [0.15, 0.2) is 16.7 Å². The molecule has 2 aromatic rings. The van der Waals surface area contributed by atoms with Crippen LogP contribution in [-0.4, -0.2) is 16.8 Å². The standard InChI is InChI=1S/C16H14ClF2N3OS2/c17-10-1-3-11(4-2-10)20-16(24)22-21-15(23)7-8-25-12-5-6-13(18)14(19)9-12/h1-6,9H,7-8H2,(H,21,23)(H2,20,22,24). The average Bonchev–Trinajstić information content (AvgIpc) is 2.58. The molecule has 0 aliphatic carbocycles. The van der Waals surface area contributed by atoms with Crippen LogP contribution in [0.1, 0.15) is 6.42 Å². The molecule has 0 radical (unpaired) electrons. The third-order valence-electron chi connectivity index (χ3n) is 2.91. The van der Waals surface area contributed by atoms with Crippen molar-refractivity contribution in [1.29, 1.82) is 0 Å². The molecule has 0 spiro atoms. The van der Waals surface area contributed by atoms with Crippen LogP contribution in [0.15, 0.2) is 47.4 Å². The zero-order valence-electron chi connectivity index (χ0n) is 12.8. The van der Waals surface area contributed by atoms with E-state index in [-0.39, 0.29) is 17.4 Å². The molecule has 0 saturated carbocycles. The molecular weight excluding hydrogens is 388 g/mol. The van der Waals surface area contributed by atoms with Gasteiger partial charge in [0.2, 0.25) is 5.91 Å². The molecule has 0 saturated heterocycles. The summed E-state index contributed by atoms with van der Waals surface area (Å²) in [5, 5.41) is 3.72. The van der Waals surface area contributed by atoms with Crippen LogP contribution >= 0.6 is 35.6 Å². The second kappa shape index (κ2) is 9.55. The van der Waals surface area contributed by atoms with Gasteiger partial charge in [0.25, 0.3) is 0 Å². The van der Waals surface area contributed by atoms with Crippen molar-refractivity contribution in [1.82, 2.24) is 10.9 Å². The Kier molecular flexibility index (Phi) is 7.42. The molecule has 3 N–H and O–H groups in total. The van der Waals surface area contributed by atoms with Crippen LogP contribution < -0.4 is 16.2 Å². The van der Waals surface area contributed by atoms with Crippen molar-refractivity contribution in [2.45, 2.75) is 11.3 Å². The lowest BCUT2D eigenvalue weighted by molar-refractivity contribution is -0.121. The third kappa shape index (κ3) is 6.85. The number of hydrazine groups is 1. The van der Waals surface area contributed by atoms with E-state index in [9.17, 15) is 13.6 Å². The number of amides is 1. The van der Waals surface area contributed by atoms with E-state index in [0.29, 0.717) is 15.7 Å². The van der Waals surface area contributed by atoms with Gasteiger partial charge in [-0.2, -0.15) is 0 Å². The highest BCUT2D eigenvalue weighted by atomic mass is 35.5. The number of rotatable bonds is 5. The van der Waals surface area contributed by atoms with E-state index in [1.54, 1.807) is 24.3 Å². The van der Waals surface area contributed by atoms with E-state index in [1.807, 2.05) is 0 Å². The van der Waals surface area contributed by atoms with E-state index in [1.165, 1.54) is 17.8 Å². The fourth-order valence-electron chi connectivity index (χ4n) is 1.71. The molecule has 2 aromatic carbocycles. The van der Waals surface area contributed by atoms with E-state index in [4.69, 9.17) is 23.8 Å². The molecule has 0 bridgehead atoms. The van der Waals surface area contributed by atoms with Gasteiger partial charge in [-0.1, -0.05) is 11.6 Å². The maximum absolute atomic E-state index is 13.1. The van der Waals surface area contributed by atoms with Gasteiger partial charge in [0.05, 0.1) is 0 Å². The Morgan fingerprint density at radius 2 is 1.80 bits per heavy atom. The number of hydrogen-bond acceptors (Lipinski definition) is 3. The van der Waals surface area contributed by atoms with Gasteiger partial charge in [-0.3, -0.25) is 15.6 Å². The van der Waals surface area contributed by atoms with Crippen LogP contribution in [-0.2, 0) is 4.79 Å². The Bertz CT molecular complexity index is 760. The quantitative estimate of drug-likeness (QED) is 0.400. The molecule has 9 heteroatoms. The zero-order chi connectivity index (χ0) is 18.2. The van der Waals surface area contributed by atoms with Crippen molar-refractivity contribution in [3.63, 3.8) is 0 Å². The number of thioether (sulfide) groups is 1. The van der Waals surface area contributed by atoms with Gasteiger partial charge in [-0.15, -0.1) is 11.8 Å². The number of nitrogens with one attached hydrogen (secondary N) is 3. The fraction of sp³-hybridized carbons (Fsp3) is 0.125. The maximum Gasteiger partial charge on any atom is 0.239 e. The number of carbonyl (C=O) groups is 1. The van der Waals surface area contributed by atoms with E-state index >= 15 is 0 Å². The SMILES string of the molecule is O=C(CCSc1ccc(F)c(F)c1)NNC(=S)Nc1ccc(Cl)cc1. The Morgan fingerprint density at radius 1 is 1.08 bits per heavy atom. The van der Waals surface area contributed by atoms with Gasteiger partial charge in [-0.05, 0) is 54.7 Å². The number of carbonyl (C=O) groups excluding carboxylic acids is 1. The van der Waals surface area contributed by atoms with Crippen LogP contribution in [0, 0.1) is 11.6 Å². The predicted octanol–water partition coefficient (Wildman–Crippen LogP) is 4.12. The maximum atomic E-state index is 13.1. The third-order valence-corrected chi connectivity index (χ3v) is 4.36. The van der Waals surface area contributed by atoms with Gasteiger partial charge < -0.3 is 5.32 Å². The van der Waals surface area contributed by atoms with Crippen molar-refractivity contribution in [3.8, 4) is 0 Å². The van der Waals surface area contributed by atoms with Crippen LogP contribution in [0.25, 0.3) is 0 Å². The van der Waals surface area contributed by atoms with Crippen molar-refractivity contribution < 1.29 is 13.6 Å². The first-order valence-electron chi connectivity index (χ1n) is 7.13. The normalized spacial score (nSPS) is 10.2. The number of anilines is 1. The summed E-state index contributed by atoms with van der Waals surface area (Å²) in [4.78, 5) is 12.3. The molecule has 25 heavy (non-hydrogen) atoms. The van der Waals surface area contributed by atoms with Gasteiger partial charge in [0, 0.05) is 27.8 Å². The lowest BCUT2D eigenvalue weighted by atomic mass is 10.3. The minimum Gasteiger partial charge on any atom is -0.331 e. The van der Waals surface area contributed by atoms with Crippen LogP contribution in [0.4, 0.5) is 14.5 Å². The summed E-state index contributed by atoms with van der Waals surface area (Å²) in [6, 6.07) is 10.5. The molecule has 0 unspecified atom stereocenters. The molecule has 2 rings (SSSR count). The summed E-state index contributed by atoms with van der Waals surface area (Å²) < 4.78 is 25.9. The topological polar surface area (TPSA) is 53.2 Å². The fourth-order valence-corrected chi connectivity index (χ4v) is 2.88. The lowest BCUT2D eigenvalue weighted by Gasteiger charge is -2.11. The summed E-state index contributed by atoms with van der Waals surface area (Å²) in [5.74, 6) is -1.67. The van der Waals surface area contributed by atoms with E-state index < -0.39 is 11.6 Å². The highest BCUT2D eigenvalue weighted by Gasteiger charge is 2.06. The highest BCUT2D eigenvalue weighted by Crippen LogP contribution is 2.20. The summed E-state index contributed by atoms with van der Waals surface area (Å²) in [6.45, 7) is 0. The second-order valence-electron chi connectivity index (χ2n) is 4.81. The van der Waals surface area contributed by atoms with Crippen molar-refractivity contribution in [2.75, 3.05) is 11.1 Å². The van der Waals surface area contributed by atoms with Crippen LogP contribution in [0.3, 0.4) is 0 Å². The second-order valence-corrected chi connectivity index (χ2v) is 6.82. The smallest absolute Gasteiger partial charge is 0.239 e. The number of halogens is 3. The first-order valence-corrected chi connectivity index (χ1v) is 8.90. The predicted molar refractivity (Wildman–Crippen MR) is 101 cm³/mol. The minimum atomic E-state index is -0.908. The van der Waals surface area contributed by atoms with E-state index in [2.05, 4.69) is 16.2 Å². The Balaban J connectivity index is 1.67. The summed E-state index contributed by atoms with van der Waals surface area (Å²) >= 11 is 12.1. The molecule has 0 aliphatic heterocycles. The summed E-state index contributed by atoms with van der Waals surface area (Å²) in [7, 11) is 0. The van der Waals surface area contributed by atoms with Crippen LogP contribution in [0.5, 0.6) is 0 Å². The Labute approximate surface area is 158 Å². The van der Waals surface area contributed by atoms with Gasteiger partial charge in [0.1, 0.15) is 0 Å². The summed E-state index contributed by atoms with van der Waals surface area (Å²) in [5.41, 5.74) is 5.76. The first kappa shape index (κ1) is 19.4. The molecule has 4 nitrogen and oxygen atoms in total. The number of hydrogen-bond donors (Lipinski definition) is 3. The Hall–Kier alpha value is -1.90. The molecule has 0 fully saturated rings. The molecule has 0 heterocycles. The lowest BCUT2D eigenvalue weighted by Crippen LogP contribution is -2.43. The molecule has 0 aliphatic rings.